The number of hydrogen-bond donors (Lipinski definition) is 1. The Morgan fingerprint density at radius 2 is 1.82 bits per heavy atom. The van der Waals surface area contributed by atoms with Crippen LogP contribution in [0.1, 0.15) is 48.9 Å². The van der Waals surface area contributed by atoms with Crippen molar-refractivity contribution in [3.63, 3.8) is 0 Å². The second kappa shape index (κ2) is 10.2. The lowest BCUT2D eigenvalue weighted by atomic mass is 9.84. The molecule has 2 fully saturated rings. The van der Waals surface area contributed by atoms with E-state index in [1.54, 1.807) is 14.0 Å². The molecule has 2 heterocycles. The second-order valence-corrected chi connectivity index (χ2v) is 9.61. The molecular formula is C26H36N4O4. The second-order valence-electron chi connectivity index (χ2n) is 9.61. The third-order valence-electron chi connectivity index (χ3n) is 7.33. The first-order valence-electron chi connectivity index (χ1n) is 12.3. The van der Waals surface area contributed by atoms with Gasteiger partial charge in [0.2, 0.25) is 5.91 Å². The Labute approximate surface area is 201 Å². The lowest BCUT2D eigenvalue weighted by Crippen LogP contribution is -2.54. The first kappa shape index (κ1) is 24.3. The number of benzene rings is 1. The summed E-state index contributed by atoms with van der Waals surface area (Å²) in [5.41, 5.74) is 4.10. The van der Waals surface area contributed by atoms with Gasteiger partial charge in [0.05, 0.1) is 18.2 Å². The van der Waals surface area contributed by atoms with Crippen molar-refractivity contribution in [2.24, 2.45) is 5.92 Å². The molecule has 4 rings (SSSR count). The van der Waals surface area contributed by atoms with Gasteiger partial charge in [0.25, 0.3) is 0 Å². The van der Waals surface area contributed by atoms with Gasteiger partial charge in [-0.25, -0.2) is 9.59 Å². The molecule has 1 N–H and O–H groups in total. The Morgan fingerprint density at radius 3 is 2.44 bits per heavy atom. The SMILES string of the molecule is CCOC(=O)C1=C(CN2CCN(C(=O)C3CCC3)CC2)N(C)C(=O)NC1c1cc(C)ccc1C. The average molecular weight is 469 g/mol. The highest BCUT2D eigenvalue weighted by Gasteiger charge is 2.38. The predicted molar refractivity (Wildman–Crippen MR) is 129 cm³/mol. The summed E-state index contributed by atoms with van der Waals surface area (Å²) in [4.78, 5) is 44.5. The number of piperazine rings is 1. The van der Waals surface area contributed by atoms with Crippen LogP contribution in [0.2, 0.25) is 0 Å². The molecule has 0 aromatic heterocycles. The Bertz CT molecular complexity index is 993. The number of nitrogens with one attached hydrogen (secondary N) is 1. The molecule has 1 aromatic rings. The van der Waals surface area contributed by atoms with Crippen LogP contribution in [0.15, 0.2) is 29.5 Å². The van der Waals surface area contributed by atoms with Crippen LogP contribution in [0, 0.1) is 19.8 Å². The van der Waals surface area contributed by atoms with Crippen LogP contribution in [0.5, 0.6) is 0 Å². The molecule has 0 spiro atoms. The van der Waals surface area contributed by atoms with E-state index in [0.717, 1.165) is 36.0 Å². The highest BCUT2D eigenvalue weighted by Crippen LogP contribution is 2.34. The largest absolute Gasteiger partial charge is 0.463 e. The Balaban J connectivity index is 1.61. The van der Waals surface area contributed by atoms with Crippen molar-refractivity contribution in [3.05, 3.63) is 46.2 Å². The van der Waals surface area contributed by atoms with E-state index < -0.39 is 12.0 Å². The van der Waals surface area contributed by atoms with Crippen LogP contribution in [-0.4, -0.2) is 79.0 Å². The first-order chi connectivity index (χ1) is 16.3. The molecule has 3 amide bonds. The number of amides is 3. The molecule has 34 heavy (non-hydrogen) atoms. The molecule has 2 aliphatic heterocycles. The topological polar surface area (TPSA) is 82.2 Å². The summed E-state index contributed by atoms with van der Waals surface area (Å²) < 4.78 is 5.45. The summed E-state index contributed by atoms with van der Waals surface area (Å²) in [5, 5.41) is 3.01. The normalized spacial score (nSPS) is 21.9. The summed E-state index contributed by atoms with van der Waals surface area (Å²) in [6.45, 7) is 9.25. The van der Waals surface area contributed by atoms with Crippen LogP contribution >= 0.6 is 0 Å². The summed E-state index contributed by atoms with van der Waals surface area (Å²) in [6.07, 6.45) is 3.17. The Kier molecular flexibility index (Phi) is 7.26. The minimum Gasteiger partial charge on any atom is -0.463 e. The van der Waals surface area contributed by atoms with Crippen molar-refractivity contribution in [1.29, 1.82) is 0 Å². The van der Waals surface area contributed by atoms with E-state index in [9.17, 15) is 14.4 Å². The Morgan fingerprint density at radius 1 is 1.12 bits per heavy atom. The van der Waals surface area contributed by atoms with Gasteiger partial charge >= 0.3 is 12.0 Å². The van der Waals surface area contributed by atoms with E-state index in [0.29, 0.717) is 44.0 Å². The molecule has 1 saturated heterocycles. The molecular weight excluding hydrogens is 432 g/mol. The van der Waals surface area contributed by atoms with Crippen molar-refractivity contribution >= 4 is 17.9 Å². The number of nitrogens with zero attached hydrogens (tertiary/aromatic N) is 3. The van der Waals surface area contributed by atoms with Gasteiger partial charge in [-0.2, -0.15) is 0 Å². The first-order valence-corrected chi connectivity index (χ1v) is 12.3. The Hall–Kier alpha value is -2.87. The molecule has 3 aliphatic rings. The smallest absolute Gasteiger partial charge is 0.338 e. The van der Waals surface area contributed by atoms with E-state index in [4.69, 9.17) is 4.74 Å². The third kappa shape index (κ3) is 4.82. The average Bonchev–Trinajstić information content (AvgIpc) is 2.77. The quantitative estimate of drug-likeness (QED) is 0.650. The summed E-state index contributed by atoms with van der Waals surface area (Å²) >= 11 is 0. The van der Waals surface area contributed by atoms with Crippen molar-refractivity contribution < 1.29 is 19.1 Å². The molecule has 8 nitrogen and oxygen atoms in total. The molecule has 0 bridgehead atoms. The van der Waals surface area contributed by atoms with Gasteiger partial charge < -0.3 is 15.0 Å². The van der Waals surface area contributed by atoms with Crippen molar-refractivity contribution in [3.8, 4) is 0 Å². The monoisotopic (exact) mass is 468 g/mol. The molecule has 0 radical (unpaired) electrons. The fourth-order valence-corrected chi connectivity index (χ4v) is 4.95. The molecule has 1 aromatic carbocycles. The number of hydrogen-bond acceptors (Lipinski definition) is 5. The standard InChI is InChI=1S/C26H36N4O4/c1-5-34-25(32)22-21(16-29-11-13-30(14-12-29)24(31)19-7-6-8-19)28(4)26(33)27-23(22)20-15-17(2)9-10-18(20)3/h9-10,15,19,23H,5-8,11-14,16H2,1-4H3,(H,27,33). The van der Waals surface area contributed by atoms with Crippen LogP contribution in [0.4, 0.5) is 4.79 Å². The maximum atomic E-state index is 13.2. The van der Waals surface area contributed by atoms with Gasteiger partial charge in [-0.15, -0.1) is 0 Å². The molecule has 8 heteroatoms. The van der Waals surface area contributed by atoms with Gasteiger partial charge in [0.15, 0.2) is 0 Å². The zero-order chi connectivity index (χ0) is 24.4. The van der Waals surface area contributed by atoms with Gasteiger partial charge in [-0.05, 0) is 44.7 Å². The summed E-state index contributed by atoms with van der Waals surface area (Å²) in [7, 11) is 1.69. The maximum Gasteiger partial charge on any atom is 0.338 e. The van der Waals surface area contributed by atoms with Crippen molar-refractivity contribution in [2.45, 2.75) is 46.1 Å². The lowest BCUT2D eigenvalue weighted by Gasteiger charge is -2.41. The van der Waals surface area contributed by atoms with Gasteiger partial charge in [-0.1, -0.05) is 30.2 Å². The molecule has 1 atom stereocenters. The van der Waals surface area contributed by atoms with Crippen molar-refractivity contribution in [2.75, 3.05) is 46.4 Å². The van der Waals surface area contributed by atoms with Crippen LogP contribution < -0.4 is 5.32 Å². The zero-order valence-corrected chi connectivity index (χ0v) is 20.7. The number of rotatable bonds is 6. The maximum absolute atomic E-state index is 13.2. The number of carbonyl (C=O) groups excluding carboxylic acids is 3. The van der Waals surface area contributed by atoms with E-state index >= 15 is 0 Å². The van der Waals surface area contributed by atoms with E-state index in [2.05, 4.69) is 10.2 Å². The number of carbonyl (C=O) groups is 3. The van der Waals surface area contributed by atoms with Gasteiger partial charge in [-0.3, -0.25) is 14.6 Å². The van der Waals surface area contributed by atoms with E-state index in [1.807, 2.05) is 36.9 Å². The molecule has 1 unspecified atom stereocenters. The van der Waals surface area contributed by atoms with Crippen molar-refractivity contribution in [1.82, 2.24) is 20.0 Å². The fraction of sp³-hybridized carbons (Fsp3) is 0.577. The number of esters is 1. The highest BCUT2D eigenvalue weighted by atomic mass is 16.5. The number of aryl methyl sites for hydroxylation is 2. The molecule has 1 aliphatic carbocycles. The van der Waals surface area contributed by atoms with Crippen LogP contribution in [0.25, 0.3) is 0 Å². The van der Waals surface area contributed by atoms with Crippen LogP contribution in [-0.2, 0) is 14.3 Å². The summed E-state index contributed by atoms with van der Waals surface area (Å²) in [5.74, 6) is 0.0757. The number of ether oxygens (including phenoxy) is 1. The van der Waals surface area contributed by atoms with Gasteiger partial charge in [0.1, 0.15) is 0 Å². The lowest BCUT2D eigenvalue weighted by molar-refractivity contribution is -0.140. The summed E-state index contributed by atoms with van der Waals surface area (Å²) in [6, 6.07) is 5.24. The third-order valence-corrected chi connectivity index (χ3v) is 7.33. The molecule has 1 saturated carbocycles. The number of likely N-dealkylation sites (N-methyl/N-ethyl adjacent to an activating group) is 1. The highest BCUT2D eigenvalue weighted by molar-refractivity contribution is 5.95. The van der Waals surface area contributed by atoms with E-state index in [1.165, 1.54) is 4.90 Å². The fourth-order valence-electron chi connectivity index (χ4n) is 4.95. The number of urea groups is 1. The minimum absolute atomic E-state index is 0.205. The van der Waals surface area contributed by atoms with Gasteiger partial charge in [0, 0.05) is 51.4 Å². The minimum atomic E-state index is -0.570. The predicted octanol–water partition coefficient (Wildman–Crippen LogP) is 2.76. The van der Waals surface area contributed by atoms with Crippen LogP contribution in [0.3, 0.4) is 0 Å². The molecule has 184 valence electrons. The van der Waals surface area contributed by atoms with E-state index in [-0.39, 0.29) is 24.5 Å². The zero-order valence-electron chi connectivity index (χ0n) is 20.7.